The Morgan fingerprint density at radius 3 is 3.05 bits per heavy atom. The third kappa shape index (κ3) is 3.69. The molecule has 0 radical (unpaired) electrons. The molecule has 0 aromatic carbocycles. The number of carbonyl (C=O) groups is 2. The first-order valence-corrected chi connectivity index (χ1v) is 5.98. The number of ether oxygens (including phenoxy) is 1. The van der Waals surface area contributed by atoms with Crippen LogP contribution in [-0.4, -0.2) is 47.7 Å². The van der Waals surface area contributed by atoms with Gasteiger partial charge in [0, 0.05) is 12.6 Å². The Hall–Kier alpha value is -2.08. The van der Waals surface area contributed by atoms with Gasteiger partial charge in [0.05, 0.1) is 31.9 Å². The van der Waals surface area contributed by atoms with Gasteiger partial charge in [0.2, 0.25) is 5.91 Å². The number of hydrogen-bond donors (Lipinski definition) is 1. The highest BCUT2D eigenvalue weighted by Crippen LogP contribution is 2.12. The van der Waals surface area contributed by atoms with Crippen molar-refractivity contribution < 1.29 is 23.8 Å². The smallest absolute Gasteiger partial charge is 0.305 e. The Balaban J connectivity index is 2.00. The maximum absolute atomic E-state index is 12.0. The molecule has 2 heterocycles. The second kappa shape index (κ2) is 6.19. The number of carbonyl (C=O) groups excluding carboxylic acids is 1. The van der Waals surface area contributed by atoms with Crippen molar-refractivity contribution in [2.24, 2.45) is 0 Å². The van der Waals surface area contributed by atoms with Gasteiger partial charge in [-0.15, -0.1) is 0 Å². The highest BCUT2D eigenvalue weighted by atomic mass is 16.5. The van der Waals surface area contributed by atoms with Gasteiger partial charge in [-0.2, -0.15) is 0 Å². The average Bonchev–Trinajstić information content (AvgIpc) is 2.89. The van der Waals surface area contributed by atoms with Gasteiger partial charge < -0.3 is 19.2 Å². The van der Waals surface area contributed by atoms with E-state index >= 15 is 0 Å². The number of furan rings is 1. The predicted octanol–water partition coefficient (Wildman–Crippen LogP) is 0.995. The second-order valence-corrected chi connectivity index (χ2v) is 4.21. The van der Waals surface area contributed by atoms with E-state index in [1.165, 1.54) is 17.2 Å². The fourth-order valence-electron chi connectivity index (χ4n) is 1.95. The Bertz CT molecular complexity index is 465. The molecule has 0 aliphatic carbocycles. The molecule has 1 amide bonds. The Labute approximate surface area is 110 Å². The van der Waals surface area contributed by atoms with Crippen LogP contribution in [0.25, 0.3) is 6.08 Å². The SMILES string of the molecule is O=C(O)C[C@H]1COCCN1C(=O)/C=C/c1ccco1. The summed E-state index contributed by atoms with van der Waals surface area (Å²) in [7, 11) is 0. The second-order valence-electron chi connectivity index (χ2n) is 4.21. The van der Waals surface area contributed by atoms with Gasteiger partial charge in [0.1, 0.15) is 5.76 Å². The molecule has 6 nitrogen and oxygen atoms in total. The Morgan fingerprint density at radius 2 is 2.37 bits per heavy atom. The van der Waals surface area contributed by atoms with Crippen LogP contribution in [0.3, 0.4) is 0 Å². The third-order valence-corrected chi connectivity index (χ3v) is 2.85. The summed E-state index contributed by atoms with van der Waals surface area (Å²) in [6.45, 7) is 1.09. The topological polar surface area (TPSA) is 80.0 Å². The van der Waals surface area contributed by atoms with Crippen LogP contribution in [-0.2, 0) is 14.3 Å². The van der Waals surface area contributed by atoms with E-state index in [1.807, 2.05) is 0 Å². The summed E-state index contributed by atoms with van der Waals surface area (Å²) < 4.78 is 10.3. The van der Waals surface area contributed by atoms with Crippen molar-refractivity contribution in [1.82, 2.24) is 4.90 Å². The van der Waals surface area contributed by atoms with Crippen molar-refractivity contribution in [1.29, 1.82) is 0 Å². The Kier molecular flexibility index (Phi) is 4.35. The van der Waals surface area contributed by atoms with Crippen molar-refractivity contribution >= 4 is 18.0 Å². The van der Waals surface area contributed by atoms with E-state index in [-0.39, 0.29) is 18.9 Å². The summed E-state index contributed by atoms with van der Waals surface area (Å²) in [5.41, 5.74) is 0. The molecule has 0 unspecified atom stereocenters. The van der Waals surface area contributed by atoms with Crippen LogP contribution < -0.4 is 0 Å². The minimum Gasteiger partial charge on any atom is -0.481 e. The zero-order chi connectivity index (χ0) is 13.7. The first-order chi connectivity index (χ1) is 9.16. The molecule has 1 fully saturated rings. The summed E-state index contributed by atoms with van der Waals surface area (Å²) in [5.74, 6) is -0.592. The summed E-state index contributed by atoms with van der Waals surface area (Å²) in [6.07, 6.45) is 4.36. The normalized spacial score (nSPS) is 19.8. The summed E-state index contributed by atoms with van der Waals surface area (Å²) in [6, 6.07) is 3.05. The van der Waals surface area contributed by atoms with Gasteiger partial charge in [0.15, 0.2) is 0 Å². The lowest BCUT2D eigenvalue weighted by Gasteiger charge is -2.34. The minimum atomic E-state index is -0.941. The number of morpholine rings is 1. The largest absolute Gasteiger partial charge is 0.481 e. The lowest BCUT2D eigenvalue weighted by Crippen LogP contribution is -2.49. The third-order valence-electron chi connectivity index (χ3n) is 2.85. The molecule has 0 spiro atoms. The summed E-state index contributed by atoms with van der Waals surface area (Å²) in [4.78, 5) is 24.3. The fraction of sp³-hybridized carbons (Fsp3) is 0.385. The first kappa shape index (κ1) is 13.4. The van der Waals surface area contributed by atoms with E-state index in [4.69, 9.17) is 14.3 Å². The number of nitrogens with zero attached hydrogens (tertiary/aromatic N) is 1. The number of hydrogen-bond acceptors (Lipinski definition) is 4. The van der Waals surface area contributed by atoms with Crippen LogP contribution >= 0.6 is 0 Å². The van der Waals surface area contributed by atoms with Crippen LogP contribution in [0.15, 0.2) is 28.9 Å². The number of carboxylic acid groups (broad SMARTS) is 1. The van der Waals surface area contributed by atoms with Gasteiger partial charge in [-0.3, -0.25) is 9.59 Å². The molecule has 0 bridgehead atoms. The zero-order valence-electron chi connectivity index (χ0n) is 10.3. The van der Waals surface area contributed by atoms with Gasteiger partial charge >= 0.3 is 5.97 Å². The zero-order valence-corrected chi connectivity index (χ0v) is 10.3. The molecule has 1 atom stereocenters. The molecular weight excluding hydrogens is 250 g/mol. The Morgan fingerprint density at radius 1 is 1.53 bits per heavy atom. The predicted molar refractivity (Wildman–Crippen MR) is 66.3 cm³/mol. The standard InChI is InChI=1S/C13H15NO5/c15-12(4-3-11-2-1-6-19-11)14-5-7-18-9-10(14)8-13(16)17/h1-4,6,10H,5,7-9H2,(H,16,17)/b4-3+/t10-/m0/s1. The summed E-state index contributed by atoms with van der Waals surface area (Å²) in [5, 5.41) is 8.82. The quantitative estimate of drug-likeness (QED) is 0.821. The fourth-order valence-corrected chi connectivity index (χ4v) is 1.95. The highest BCUT2D eigenvalue weighted by Gasteiger charge is 2.27. The molecule has 2 rings (SSSR count). The van der Waals surface area contributed by atoms with Crippen molar-refractivity contribution in [3.8, 4) is 0 Å². The number of carboxylic acids is 1. The molecule has 19 heavy (non-hydrogen) atoms. The first-order valence-electron chi connectivity index (χ1n) is 5.98. The highest BCUT2D eigenvalue weighted by molar-refractivity contribution is 5.92. The van der Waals surface area contributed by atoms with Crippen molar-refractivity contribution in [2.45, 2.75) is 12.5 Å². The maximum atomic E-state index is 12.0. The van der Waals surface area contributed by atoms with E-state index in [2.05, 4.69) is 0 Å². The van der Waals surface area contributed by atoms with Gasteiger partial charge in [-0.25, -0.2) is 0 Å². The number of rotatable bonds is 4. The van der Waals surface area contributed by atoms with Gasteiger partial charge in [-0.1, -0.05) is 0 Å². The van der Waals surface area contributed by atoms with E-state index in [1.54, 1.807) is 18.2 Å². The molecular formula is C13H15NO5. The molecule has 1 aliphatic rings. The molecule has 1 aromatic heterocycles. The monoisotopic (exact) mass is 265 g/mol. The van der Waals surface area contributed by atoms with E-state index < -0.39 is 12.0 Å². The average molecular weight is 265 g/mol. The van der Waals surface area contributed by atoms with Crippen molar-refractivity contribution in [2.75, 3.05) is 19.8 Å². The molecule has 1 N–H and O–H groups in total. The van der Waals surface area contributed by atoms with Crippen LogP contribution in [0, 0.1) is 0 Å². The number of aliphatic carboxylic acids is 1. The van der Waals surface area contributed by atoms with Gasteiger partial charge in [0.25, 0.3) is 0 Å². The maximum Gasteiger partial charge on any atom is 0.305 e. The van der Waals surface area contributed by atoms with Crippen LogP contribution in [0.4, 0.5) is 0 Å². The molecule has 0 saturated carbocycles. The van der Waals surface area contributed by atoms with Crippen molar-refractivity contribution in [3.05, 3.63) is 30.2 Å². The van der Waals surface area contributed by atoms with E-state index in [0.29, 0.717) is 18.9 Å². The molecule has 1 aromatic rings. The lowest BCUT2D eigenvalue weighted by molar-refractivity contribution is -0.143. The lowest BCUT2D eigenvalue weighted by atomic mass is 10.1. The molecule has 1 saturated heterocycles. The molecule has 6 heteroatoms. The van der Waals surface area contributed by atoms with Crippen LogP contribution in [0.5, 0.6) is 0 Å². The van der Waals surface area contributed by atoms with Gasteiger partial charge in [-0.05, 0) is 18.2 Å². The van der Waals surface area contributed by atoms with E-state index in [9.17, 15) is 9.59 Å². The minimum absolute atomic E-state index is 0.111. The van der Waals surface area contributed by atoms with E-state index in [0.717, 1.165) is 0 Å². The molecule has 102 valence electrons. The van der Waals surface area contributed by atoms with Crippen LogP contribution in [0.2, 0.25) is 0 Å². The summed E-state index contributed by atoms with van der Waals surface area (Å²) >= 11 is 0. The van der Waals surface area contributed by atoms with Crippen LogP contribution in [0.1, 0.15) is 12.2 Å². The number of amides is 1. The molecule has 1 aliphatic heterocycles. The van der Waals surface area contributed by atoms with Crippen molar-refractivity contribution in [3.63, 3.8) is 0 Å².